The highest BCUT2D eigenvalue weighted by Crippen LogP contribution is 2.29. The van der Waals surface area contributed by atoms with E-state index in [2.05, 4.69) is 6.72 Å². The summed E-state index contributed by atoms with van der Waals surface area (Å²) < 4.78 is 19.0. The molecule has 0 saturated heterocycles. The molecule has 0 aliphatic heterocycles. The molecule has 0 aliphatic carbocycles. The molecule has 0 radical (unpaired) electrons. The standard InChI is InChI=1S/C13H18FNO3/c1-9(8-13(2,3)16)18-12-7-10(14)5-6-11(12)15(4)17/h5-7,9,16H,4,8H2,1-3H3. The zero-order valence-electron chi connectivity index (χ0n) is 10.8. The van der Waals surface area contributed by atoms with Gasteiger partial charge < -0.3 is 15.1 Å². The average molecular weight is 255 g/mol. The third-order valence-electron chi connectivity index (χ3n) is 2.31. The Hall–Kier alpha value is -1.62. The molecule has 18 heavy (non-hydrogen) atoms. The van der Waals surface area contributed by atoms with E-state index in [-0.39, 0.29) is 17.5 Å². The van der Waals surface area contributed by atoms with E-state index >= 15 is 0 Å². The normalized spacial score (nSPS) is 13.2. The lowest BCUT2D eigenvalue weighted by Gasteiger charge is -2.23. The Morgan fingerprint density at radius 1 is 1.56 bits per heavy atom. The molecule has 0 aromatic heterocycles. The van der Waals surface area contributed by atoms with Gasteiger partial charge in [-0.25, -0.2) is 4.39 Å². The Morgan fingerprint density at radius 2 is 2.17 bits per heavy atom. The van der Waals surface area contributed by atoms with Crippen LogP contribution in [0.1, 0.15) is 27.2 Å². The first kappa shape index (κ1) is 14.4. The predicted octanol–water partition coefficient (Wildman–Crippen LogP) is 2.60. The summed E-state index contributed by atoms with van der Waals surface area (Å²) in [4.78, 5) is 0. The average Bonchev–Trinajstić information content (AvgIpc) is 2.13. The summed E-state index contributed by atoms with van der Waals surface area (Å²) in [5.41, 5.74) is -0.742. The van der Waals surface area contributed by atoms with E-state index in [1.807, 2.05) is 0 Å². The van der Waals surface area contributed by atoms with Crippen LogP contribution in [0.3, 0.4) is 0 Å². The number of rotatable bonds is 5. The number of aliphatic hydroxyl groups is 1. The summed E-state index contributed by atoms with van der Waals surface area (Å²) in [5, 5.41) is 20.9. The first-order valence-corrected chi connectivity index (χ1v) is 5.65. The molecule has 1 aromatic carbocycles. The molecule has 1 N–H and O–H groups in total. The monoisotopic (exact) mass is 255 g/mol. The molecule has 0 amide bonds. The van der Waals surface area contributed by atoms with Crippen molar-refractivity contribution in [2.24, 2.45) is 0 Å². The highest BCUT2D eigenvalue weighted by molar-refractivity contribution is 5.48. The first-order chi connectivity index (χ1) is 8.19. The highest BCUT2D eigenvalue weighted by atomic mass is 19.1. The fourth-order valence-corrected chi connectivity index (χ4v) is 1.75. The molecule has 0 fully saturated rings. The van der Waals surface area contributed by atoms with Crippen molar-refractivity contribution < 1.29 is 19.0 Å². The van der Waals surface area contributed by atoms with Crippen LogP contribution in [0, 0.1) is 11.0 Å². The zero-order valence-corrected chi connectivity index (χ0v) is 10.8. The molecule has 0 spiro atoms. The van der Waals surface area contributed by atoms with Crippen LogP contribution < -0.4 is 4.74 Å². The number of hydrogen-bond acceptors (Lipinski definition) is 3. The van der Waals surface area contributed by atoms with Gasteiger partial charge in [-0.1, -0.05) is 0 Å². The molecule has 0 saturated carbocycles. The second-order valence-electron chi connectivity index (χ2n) is 4.94. The van der Waals surface area contributed by atoms with Crippen molar-refractivity contribution in [2.45, 2.75) is 38.9 Å². The molecule has 0 heterocycles. The van der Waals surface area contributed by atoms with Gasteiger partial charge in [0.1, 0.15) is 12.5 Å². The van der Waals surface area contributed by atoms with E-state index in [1.165, 1.54) is 12.1 Å². The fraction of sp³-hybridized carbons (Fsp3) is 0.462. The zero-order chi connectivity index (χ0) is 13.9. The maximum atomic E-state index is 13.1. The van der Waals surface area contributed by atoms with Crippen LogP contribution in [-0.4, -0.2) is 28.3 Å². The van der Waals surface area contributed by atoms with Crippen LogP contribution in [0.2, 0.25) is 0 Å². The maximum absolute atomic E-state index is 13.1. The predicted molar refractivity (Wildman–Crippen MR) is 67.8 cm³/mol. The molecule has 1 atom stereocenters. The van der Waals surface area contributed by atoms with E-state index in [0.717, 1.165) is 6.07 Å². The largest absolute Gasteiger partial charge is 0.619 e. The summed E-state index contributed by atoms with van der Waals surface area (Å²) in [6.45, 7) is 8.25. The molecule has 1 unspecified atom stereocenters. The SMILES string of the molecule is C=[N+]([O-])c1ccc(F)cc1OC(C)CC(C)(C)O. The van der Waals surface area contributed by atoms with Gasteiger partial charge in [0.2, 0.25) is 0 Å². The number of hydrogen-bond donors (Lipinski definition) is 1. The van der Waals surface area contributed by atoms with Crippen LogP contribution >= 0.6 is 0 Å². The van der Waals surface area contributed by atoms with Crippen molar-refractivity contribution in [2.75, 3.05) is 0 Å². The minimum Gasteiger partial charge on any atom is -0.619 e. The van der Waals surface area contributed by atoms with Crippen molar-refractivity contribution >= 4 is 12.4 Å². The van der Waals surface area contributed by atoms with Crippen LogP contribution in [0.15, 0.2) is 18.2 Å². The van der Waals surface area contributed by atoms with Crippen LogP contribution in [-0.2, 0) is 0 Å². The molecule has 5 heteroatoms. The van der Waals surface area contributed by atoms with Gasteiger partial charge in [0.25, 0.3) is 5.69 Å². The Bertz CT molecular complexity index is 440. The third-order valence-corrected chi connectivity index (χ3v) is 2.31. The van der Waals surface area contributed by atoms with Gasteiger partial charge in [-0.15, -0.1) is 0 Å². The van der Waals surface area contributed by atoms with Gasteiger partial charge in [0.15, 0.2) is 5.75 Å². The molecule has 1 aromatic rings. The van der Waals surface area contributed by atoms with Gasteiger partial charge in [-0.05, 0) is 26.8 Å². The first-order valence-electron chi connectivity index (χ1n) is 5.65. The van der Waals surface area contributed by atoms with E-state index in [9.17, 15) is 14.7 Å². The Labute approximate surface area is 106 Å². The lowest BCUT2D eigenvalue weighted by molar-refractivity contribution is -0.351. The van der Waals surface area contributed by atoms with Gasteiger partial charge in [0, 0.05) is 18.6 Å². The minimum absolute atomic E-state index is 0.122. The van der Waals surface area contributed by atoms with E-state index in [1.54, 1.807) is 20.8 Å². The summed E-state index contributed by atoms with van der Waals surface area (Å²) in [6.07, 6.45) is 0.00405. The second-order valence-corrected chi connectivity index (χ2v) is 4.94. The van der Waals surface area contributed by atoms with Crippen molar-refractivity contribution in [3.05, 3.63) is 29.2 Å². The van der Waals surface area contributed by atoms with E-state index in [0.29, 0.717) is 11.2 Å². The lowest BCUT2D eigenvalue weighted by Crippen LogP contribution is -2.28. The smallest absolute Gasteiger partial charge is 0.258 e. The van der Waals surface area contributed by atoms with E-state index < -0.39 is 11.4 Å². The lowest BCUT2D eigenvalue weighted by atomic mass is 10.0. The molecule has 0 bridgehead atoms. The molecule has 0 aliphatic rings. The van der Waals surface area contributed by atoms with Crippen molar-refractivity contribution in [1.29, 1.82) is 0 Å². The topological polar surface area (TPSA) is 55.5 Å². The summed E-state index contributed by atoms with van der Waals surface area (Å²) in [6, 6.07) is 3.60. The number of nitrogens with zero attached hydrogens (tertiary/aromatic N) is 1. The quantitative estimate of drug-likeness (QED) is 0.381. The van der Waals surface area contributed by atoms with Crippen molar-refractivity contribution in [3.8, 4) is 5.75 Å². The van der Waals surface area contributed by atoms with Crippen molar-refractivity contribution in [1.82, 2.24) is 0 Å². The summed E-state index contributed by atoms with van der Waals surface area (Å²) in [7, 11) is 0. The van der Waals surface area contributed by atoms with Crippen LogP contribution in [0.25, 0.3) is 0 Å². The van der Waals surface area contributed by atoms with Crippen LogP contribution in [0.5, 0.6) is 5.75 Å². The van der Waals surface area contributed by atoms with Gasteiger partial charge >= 0.3 is 0 Å². The van der Waals surface area contributed by atoms with E-state index in [4.69, 9.17) is 4.74 Å². The summed E-state index contributed by atoms with van der Waals surface area (Å²) >= 11 is 0. The Balaban J connectivity index is 2.89. The van der Waals surface area contributed by atoms with Crippen molar-refractivity contribution in [3.63, 3.8) is 0 Å². The minimum atomic E-state index is -0.894. The molecule has 4 nitrogen and oxygen atoms in total. The highest BCUT2D eigenvalue weighted by Gasteiger charge is 2.21. The number of ether oxygens (including phenoxy) is 1. The van der Waals surface area contributed by atoms with Gasteiger partial charge in [0.05, 0.1) is 11.7 Å². The maximum Gasteiger partial charge on any atom is 0.258 e. The third kappa shape index (κ3) is 4.33. The van der Waals surface area contributed by atoms with Gasteiger partial charge in [-0.2, -0.15) is 4.74 Å². The van der Waals surface area contributed by atoms with Gasteiger partial charge in [-0.3, -0.25) is 0 Å². The summed E-state index contributed by atoms with van der Waals surface area (Å²) in [5.74, 6) is -0.372. The molecule has 1 rings (SSSR count). The number of benzene rings is 1. The number of halogens is 1. The molecular formula is C13H18FNO3. The Morgan fingerprint density at radius 3 is 2.67 bits per heavy atom. The van der Waals surface area contributed by atoms with Crippen LogP contribution in [0.4, 0.5) is 10.1 Å². The fourth-order valence-electron chi connectivity index (χ4n) is 1.75. The Kier molecular flexibility index (Phi) is 4.29. The molecule has 100 valence electrons. The molecular weight excluding hydrogens is 237 g/mol. The second kappa shape index (κ2) is 5.35.